The van der Waals surface area contributed by atoms with Gasteiger partial charge in [-0.1, -0.05) is 6.07 Å². The molecule has 1 aromatic carbocycles. The summed E-state index contributed by atoms with van der Waals surface area (Å²) >= 11 is 0. The second-order valence-corrected chi connectivity index (χ2v) is 8.66. The molecule has 1 fully saturated rings. The average Bonchev–Trinajstić information content (AvgIpc) is 3.11. The Morgan fingerprint density at radius 3 is 2.29 bits per heavy atom. The molecule has 0 aliphatic heterocycles. The molecule has 0 atom stereocenters. The molecule has 0 bridgehead atoms. The van der Waals surface area contributed by atoms with E-state index in [1.165, 1.54) is 12.1 Å². The van der Waals surface area contributed by atoms with Gasteiger partial charge in [-0.3, -0.25) is 0 Å². The standard InChI is InChI=1S/C22H26F3N5O/c1-21(2,31)14-6-10-16(11-7-14)26-18-4-3-5-19-28-20(29-30(18)19)27-17-12-8-15(9-13-17)22(23,24)25/h3-5,8-9,12-14,16,26,31H,6-7,10-11H2,1-2H3,(H,27,29)/t14-,16+. The highest BCUT2D eigenvalue weighted by Gasteiger charge is 2.32. The molecular weight excluding hydrogens is 407 g/mol. The van der Waals surface area contributed by atoms with E-state index in [0.717, 1.165) is 43.6 Å². The predicted octanol–water partition coefficient (Wildman–Crippen LogP) is 5.23. The highest BCUT2D eigenvalue weighted by molar-refractivity contribution is 5.58. The van der Waals surface area contributed by atoms with Crippen molar-refractivity contribution < 1.29 is 18.3 Å². The van der Waals surface area contributed by atoms with Crippen molar-refractivity contribution in [3.63, 3.8) is 0 Å². The maximum atomic E-state index is 12.7. The number of fused-ring (bicyclic) bond motifs is 1. The average molecular weight is 433 g/mol. The number of aromatic nitrogens is 3. The van der Waals surface area contributed by atoms with Gasteiger partial charge < -0.3 is 15.7 Å². The number of nitrogens with zero attached hydrogens (tertiary/aromatic N) is 3. The number of pyridine rings is 1. The molecule has 3 N–H and O–H groups in total. The number of benzene rings is 1. The molecule has 6 nitrogen and oxygen atoms in total. The third-order valence-corrected chi connectivity index (χ3v) is 5.91. The normalized spacial score (nSPS) is 20.1. The minimum Gasteiger partial charge on any atom is -0.390 e. The maximum absolute atomic E-state index is 12.7. The fourth-order valence-electron chi connectivity index (χ4n) is 4.09. The van der Waals surface area contributed by atoms with Crippen LogP contribution < -0.4 is 10.6 Å². The summed E-state index contributed by atoms with van der Waals surface area (Å²) < 4.78 is 39.9. The number of hydrogen-bond acceptors (Lipinski definition) is 5. The lowest BCUT2D eigenvalue weighted by Crippen LogP contribution is -2.37. The van der Waals surface area contributed by atoms with Crippen LogP contribution in [-0.4, -0.2) is 31.3 Å². The summed E-state index contributed by atoms with van der Waals surface area (Å²) in [5.41, 5.74) is -0.254. The second-order valence-electron chi connectivity index (χ2n) is 8.66. The third-order valence-electron chi connectivity index (χ3n) is 5.91. The van der Waals surface area contributed by atoms with Gasteiger partial charge in [0.2, 0.25) is 5.95 Å². The van der Waals surface area contributed by atoms with Crippen molar-refractivity contribution in [3.05, 3.63) is 48.0 Å². The van der Waals surface area contributed by atoms with Gasteiger partial charge in [-0.15, -0.1) is 5.10 Å². The van der Waals surface area contributed by atoms with Crippen molar-refractivity contribution >= 4 is 23.1 Å². The van der Waals surface area contributed by atoms with E-state index in [4.69, 9.17) is 0 Å². The van der Waals surface area contributed by atoms with Gasteiger partial charge >= 0.3 is 6.18 Å². The van der Waals surface area contributed by atoms with Gasteiger partial charge in [-0.05, 0) is 81.8 Å². The van der Waals surface area contributed by atoms with E-state index in [-0.39, 0.29) is 6.04 Å². The lowest BCUT2D eigenvalue weighted by Gasteiger charge is -2.36. The van der Waals surface area contributed by atoms with Gasteiger partial charge in [-0.25, -0.2) is 0 Å². The van der Waals surface area contributed by atoms with E-state index in [9.17, 15) is 18.3 Å². The Balaban J connectivity index is 1.46. The van der Waals surface area contributed by atoms with Crippen LogP contribution in [0.4, 0.5) is 30.6 Å². The van der Waals surface area contributed by atoms with E-state index in [1.54, 1.807) is 4.52 Å². The third kappa shape index (κ3) is 4.92. The van der Waals surface area contributed by atoms with Crippen LogP contribution in [0.15, 0.2) is 42.5 Å². The van der Waals surface area contributed by atoms with Crippen LogP contribution in [0.5, 0.6) is 0 Å². The van der Waals surface area contributed by atoms with Gasteiger partial charge in [0.25, 0.3) is 0 Å². The molecule has 0 unspecified atom stereocenters. The number of hydrogen-bond donors (Lipinski definition) is 3. The molecule has 1 aliphatic rings. The molecule has 2 aromatic heterocycles. The van der Waals surface area contributed by atoms with Gasteiger partial charge in [0, 0.05) is 11.7 Å². The first-order chi connectivity index (χ1) is 14.6. The van der Waals surface area contributed by atoms with Crippen LogP contribution in [0.1, 0.15) is 45.1 Å². The SMILES string of the molecule is CC(C)(O)[C@H]1CC[C@@H](Nc2cccc3nc(Nc4ccc(C(F)(F)F)cc4)nn23)CC1. The Kier molecular flexibility index (Phi) is 5.55. The minimum atomic E-state index is -4.37. The molecule has 9 heteroatoms. The molecule has 0 spiro atoms. The van der Waals surface area contributed by atoms with Crippen molar-refractivity contribution in [1.82, 2.24) is 14.6 Å². The van der Waals surface area contributed by atoms with Crippen molar-refractivity contribution in [1.29, 1.82) is 0 Å². The van der Waals surface area contributed by atoms with Crippen LogP contribution in [0.2, 0.25) is 0 Å². The molecular formula is C22H26F3N5O. The minimum absolute atomic E-state index is 0.278. The molecule has 0 amide bonds. The first kappa shape index (κ1) is 21.4. The van der Waals surface area contributed by atoms with Crippen LogP contribution in [0.3, 0.4) is 0 Å². The molecule has 166 valence electrons. The molecule has 0 saturated heterocycles. The number of halogens is 3. The molecule has 31 heavy (non-hydrogen) atoms. The molecule has 3 aromatic rings. The first-order valence-electron chi connectivity index (χ1n) is 10.4. The monoisotopic (exact) mass is 433 g/mol. The van der Waals surface area contributed by atoms with Gasteiger partial charge in [-0.2, -0.15) is 22.7 Å². The summed E-state index contributed by atoms with van der Waals surface area (Å²) in [7, 11) is 0. The number of nitrogens with one attached hydrogen (secondary N) is 2. The summed E-state index contributed by atoms with van der Waals surface area (Å²) in [6.45, 7) is 3.74. The first-order valence-corrected chi connectivity index (χ1v) is 10.4. The van der Waals surface area contributed by atoms with Gasteiger partial charge in [0.1, 0.15) is 5.82 Å². The summed E-state index contributed by atoms with van der Waals surface area (Å²) in [5.74, 6) is 1.41. The van der Waals surface area contributed by atoms with Crippen molar-refractivity contribution in [3.8, 4) is 0 Å². The zero-order valence-electron chi connectivity index (χ0n) is 17.4. The lowest BCUT2D eigenvalue weighted by atomic mass is 9.77. The number of anilines is 3. The fourth-order valence-corrected chi connectivity index (χ4v) is 4.09. The van der Waals surface area contributed by atoms with E-state index in [1.807, 2.05) is 32.0 Å². The Morgan fingerprint density at radius 2 is 1.68 bits per heavy atom. The number of aliphatic hydroxyl groups is 1. The largest absolute Gasteiger partial charge is 0.416 e. The summed E-state index contributed by atoms with van der Waals surface area (Å²) in [6, 6.07) is 10.7. The van der Waals surface area contributed by atoms with Crippen LogP contribution >= 0.6 is 0 Å². The van der Waals surface area contributed by atoms with Crippen molar-refractivity contribution in [2.45, 2.75) is 57.3 Å². The van der Waals surface area contributed by atoms with Crippen molar-refractivity contribution in [2.75, 3.05) is 10.6 Å². The topological polar surface area (TPSA) is 74.5 Å². The Labute approximate surface area is 178 Å². The van der Waals surface area contributed by atoms with Crippen LogP contribution in [0, 0.1) is 5.92 Å². The van der Waals surface area contributed by atoms with E-state index in [0.29, 0.717) is 23.2 Å². The smallest absolute Gasteiger partial charge is 0.390 e. The molecule has 1 saturated carbocycles. The maximum Gasteiger partial charge on any atom is 0.416 e. The molecule has 0 radical (unpaired) electrons. The highest BCUT2D eigenvalue weighted by Crippen LogP contribution is 2.34. The quantitative estimate of drug-likeness (QED) is 0.514. The van der Waals surface area contributed by atoms with Gasteiger partial charge in [0.15, 0.2) is 5.65 Å². The fraction of sp³-hybridized carbons (Fsp3) is 0.455. The van der Waals surface area contributed by atoms with Gasteiger partial charge in [0.05, 0.1) is 11.2 Å². The Morgan fingerprint density at radius 1 is 1.00 bits per heavy atom. The molecule has 4 rings (SSSR count). The molecule has 2 heterocycles. The zero-order valence-corrected chi connectivity index (χ0v) is 17.4. The number of rotatable bonds is 5. The Bertz CT molecular complexity index is 1030. The van der Waals surface area contributed by atoms with Crippen LogP contribution in [0.25, 0.3) is 5.65 Å². The van der Waals surface area contributed by atoms with Crippen molar-refractivity contribution in [2.24, 2.45) is 5.92 Å². The lowest BCUT2D eigenvalue weighted by molar-refractivity contribution is -0.137. The van der Waals surface area contributed by atoms with E-state index < -0.39 is 17.3 Å². The predicted molar refractivity (Wildman–Crippen MR) is 113 cm³/mol. The molecule has 1 aliphatic carbocycles. The van der Waals surface area contributed by atoms with E-state index in [2.05, 4.69) is 20.7 Å². The second kappa shape index (κ2) is 8.03. The van der Waals surface area contributed by atoms with E-state index >= 15 is 0 Å². The highest BCUT2D eigenvalue weighted by atomic mass is 19.4. The number of alkyl halides is 3. The summed E-state index contributed by atoms with van der Waals surface area (Å²) in [6.07, 6.45) is -0.552. The Hall–Kier alpha value is -2.81. The zero-order chi connectivity index (χ0) is 22.2. The summed E-state index contributed by atoms with van der Waals surface area (Å²) in [5, 5.41) is 21.2. The van der Waals surface area contributed by atoms with Crippen LogP contribution in [-0.2, 0) is 6.18 Å². The summed E-state index contributed by atoms with van der Waals surface area (Å²) in [4.78, 5) is 4.42.